The van der Waals surface area contributed by atoms with Crippen molar-refractivity contribution in [3.8, 4) is 0 Å². The summed E-state index contributed by atoms with van der Waals surface area (Å²) in [5, 5.41) is 8.46. The van der Waals surface area contributed by atoms with Gasteiger partial charge in [-0.15, -0.1) is 0 Å². The molecule has 0 unspecified atom stereocenters. The van der Waals surface area contributed by atoms with Gasteiger partial charge in [0.2, 0.25) is 0 Å². The quantitative estimate of drug-likeness (QED) is 0.796. The highest BCUT2D eigenvalue weighted by molar-refractivity contribution is 5.78. The molecular formula is C19H21N3. The van der Waals surface area contributed by atoms with Crippen LogP contribution in [0.5, 0.6) is 0 Å². The van der Waals surface area contributed by atoms with E-state index in [1.165, 1.54) is 36.1 Å². The van der Waals surface area contributed by atoms with Gasteiger partial charge in [-0.25, -0.2) is 4.98 Å². The molecule has 0 radical (unpaired) electrons. The van der Waals surface area contributed by atoms with Gasteiger partial charge < -0.3 is 0 Å². The molecule has 1 aromatic carbocycles. The second-order valence-corrected chi connectivity index (χ2v) is 6.38. The van der Waals surface area contributed by atoms with Gasteiger partial charge in [-0.2, -0.15) is 5.10 Å². The first-order valence-electron chi connectivity index (χ1n) is 8.13. The second kappa shape index (κ2) is 5.24. The van der Waals surface area contributed by atoms with Crippen LogP contribution < -0.4 is 0 Å². The Kier molecular flexibility index (Phi) is 3.21. The number of hydrogen-bond acceptors (Lipinski definition) is 2. The number of hydrogen-bond donors (Lipinski definition) is 1. The summed E-state index contributed by atoms with van der Waals surface area (Å²) < 4.78 is 0. The average Bonchev–Trinajstić information content (AvgIpc) is 3.13. The van der Waals surface area contributed by atoms with Gasteiger partial charge >= 0.3 is 0 Å². The van der Waals surface area contributed by atoms with E-state index in [9.17, 15) is 0 Å². The minimum atomic E-state index is 0.844. The zero-order valence-electron chi connectivity index (χ0n) is 13.2. The Balaban J connectivity index is 1.62. The van der Waals surface area contributed by atoms with Crippen molar-refractivity contribution in [2.24, 2.45) is 0 Å². The van der Waals surface area contributed by atoms with Crippen LogP contribution in [0.1, 0.15) is 40.1 Å². The molecule has 0 amide bonds. The number of aromatic amines is 1. The molecule has 3 heteroatoms. The molecule has 4 rings (SSSR count). The fraction of sp³-hybridized carbons (Fsp3) is 0.368. The molecule has 1 aliphatic rings. The lowest BCUT2D eigenvalue weighted by atomic mass is 9.97. The summed E-state index contributed by atoms with van der Waals surface area (Å²) in [4.78, 5) is 4.76. The first-order valence-corrected chi connectivity index (χ1v) is 8.13. The molecule has 0 atom stereocenters. The summed E-state index contributed by atoms with van der Waals surface area (Å²) in [5.41, 5.74) is 9.04. The summed E-state index contributed by atoms with van der Waals surface area (Å²) >= 11 is 0. The maximum Gasteiger partial charge on any atom is 0.181 e. The second-order valence-electron chi connectivity index (χ2n) is 6.38. The van der Waals surface area contributed by atoms with E-state index in [1.54, 1.807) is 11.1 Å². The Morgan fingerprint density at radius 1 is 1.14 bits per heavy atom. The standard InChI is InChI=1S/C19H21N3/c1-12-11-17-13(2)21-22-19(17)20-18(12)10-9-15-6-3-5-14-7-4-8-16(14)15/h3,5-6,11H,4,7-10H2,1-2H3,(H,20,21,22). The number of nitrogens with one attached hydrogen (secondary N) is 1. The van der Waals surface area contributed by atoms with Gasteiger partial charge in [-0.05, 0) is 74.3 Å². The number of nitrogens with zero attached hydrogens (tertiary/aromatic N) is 2. The highest BCUT2D eigenvalue weighted by atomic mass is 15.1. The van der Waals surface area contributed by atoms with Gasteiger partial charge in [0.05, 0.1) is 0 Å². The normalized spacial score (nSPS) is 13.7. The summed E-state index contributed by atoms with van der Waals surface area (Å²) in [6, 6.07) is 9.00. The van der Waals surface area contributed by atoms with Crippen molar-refractivity contribution in [3.05, 3.63) is 57.9 Å². The fourth-order valence-corrected chi connectivity index (χ4v) is 3.64. The molecule has 3 aromatic rings. The Morgan fingerprint density at radius 3 is 2.95 bits per heavy atom. The predicted octanol–water partition coefficient (Wildman–Crippen LogP) is 3.85. The monoisotopic (exact) mass is 291 g/mol. The Labute approximate surface area is 130 Å². The summed E-state index contributed by atoms with van der Waals surface area (Å²) in [6.45, 7) is 4.20. The molecule has 0 aliphatic heterocycles. The van der Waals surface area contributed by atoms with E-state index in [0.717, 1.165) is 29.6 Å². The van der Waals surface area contributed by atoms with E-state index >= 15 is 0 Å². The first kappa shape index (κ1) is 13.5. The van der Waals surface area contributed by atoms with Crippen molar-refractivity contribution in [2.45, 2.75) is 46.0 Å². The van der Waals surface area contributed by atoms with Crippen LogP contribution in [0.3, 0.4) is 0 Å². The van der Waals surface area contributed by atoms with E-state index in [2.05, 4.69) is 41.4 Å². The van der Waals surface area contributed by atoms with Crippen LogP contribution in [0.4, 0.5) is 0 Å². The average molecular weight is 291 g/mol. The predicted molar refractivity (Wildman–Crippen MR) is 89.2 cm³/mol. The molecule has 3 nitrogen and oxygen atoms in total. The lowest BCUT2D eigenvalue weighted by Gasteiger charge is -2.09. The molecule has 0 saturated carbocycles. The lowest BCUT2D eigenvalue weighted by Crippen LogP contribution is -2.01. The SMILES string of the molecule is Cc1cc2c(C)[nH]nc2nc1CCc1cccc2c1CCC2. The van der Waals surface area contributed by atoms with Crippen LogP contribution in [0, 0.1) is 13.8 Å². The third kappa shape index (κ3) is 2.21. The highest BCUT2D eigenvalue weighted by Gasteiger charge is 2.15. The Bertz CT molecular complexity index is 845. The molecule has 0 fully saturated rings. The lowest BCUT2D eigenvalue weighted by molar-refractivity contribution is 0.875. The number of benzene rings is 1. The molecular weight excluding hydrogens is 270 g/mol. The fourth-order valence-electron chi connectivity index (χ4n) is 3.64. The summed E-state index contributed by atoms with van der Waals surface area (Å²) in [6.07, 6.45) is 5.87. The van der Waals surface area contributed by atoms with Gasteiger partial charge in [0.25, 0.3) is 0 Å². The molecule has 1 N–H and O–H groups in total. The van der Waals surface area contributed by atoms with Gasteiger partial charge in [-0.1, -0.05) is 18.2 Å². The number of H-pyrrole nitrogens is 1. The molecule has 2 heterocycles. The van der Waals surface area contributed by atoms with Crippen molar-refractivity contribution in [2.75, 3.05) is 0 Å². The van der Waals surface area contributed by atoms with Crippen molar-refractivity contribution < 1.29 is 0 Å². The van der Waals surface area contributed by atoms with Crippen molar-refractivity contribution in [1.82, 2.24) is 15.2 Å². The number of fused-ring (bicyclic) bond motifs is 2. The van der Waals surface area contributed by atoms with E-state index in [4.69, 9.17) is 4.98 Å². The molecule has 0 bridgehead atoms. The molecule has 0 spiro atoms. The van der Waals surface area contributed by atoms with Crippen LogP contribution in [0.15, 0.2) is 24.3 Å². The Morgan fingerprint density at radius 2 is 2.05 bits per heavy atom. The zero-order chi connectivity index (χ0) is 15.1. The largest absolute Gasteiger partial charge is 0.280 e. The molecule has 2 aromatic heterocycles. The maximum atomic E-state index is 4.76. The molecule has 0 saturated heterocycles. The molecule has 1 aliphatic carbocycles. The van der Waals surface area contributed by atoms with Crippen molar-refractivity contribution in [1.29, 1.82) is 0 Å². The number of aryl methyl sites for hydroxylation is 5. The zero-order valence-corrected chi connectivity index (χ0v) is 13.2. The first-order chi connectivity index (χ1) is 10.7. The summed E-state index contributed by atoms with van der Waals surface area (Å²) in [7, 11) is 0. The topological polar surface area (TPSA) is 41.6 Å². The van der Waals surface area contributed by atoms with Crippen LogP contribution >= 0.6 is 0 Å². The van der Waals surface area contributed by atoms with E-state index in [-0.39, 0.29) is 0 Å². The van der Waals surface area contributed by atoms with Crippen LogP contribution in [-0.2, 0) is 25.7 Å². The smallest absolute Gasteiger partial charge is 0.181 e. The van der Waals surface area contributed by atoms with E-state index in [1.807, 2.05) is 6.92 Å². The number of rotatable bonds is 3. The minimum Gasteiger partial charge on any atom is -0.280 e. The van der Waals surface area contributed by atoms with Crippen molar-refractivity contribution in [3.63, 3.8) is 0 Å². The third-order valence-corrected chi connectivity index (χ3v) is 4.91. The van der Waals surface area contributed by atoms with Gasteiger partial charge in [0.1, 0.15) is 0 Å². The molecule has 112 valence electrons. The van der Waals surface area contributed by atoms with Crippen LogP contribution in [-0.4, -0.2) is 15.2 Å². The van der Waals surface area contributed by atoms with Crippen LogP contribution in [0.2, 0.25) is 0 Å². The summed E-state index contributed by atoms with van der Waals surface area (Å²) in [5.74, 6) is 0. The Hall–Kier alpha value is -2.16. The third-order valence-electron chi connectivity index (χ3n) is 4.91. The van der Waals surface area contributed by atoms with Crippen LogP contribution in [0.25, 0.3) is 11.0 Å². The van der Waals surface area contributed by atoms with Gasteiger partial charge in [0.15, 0.2) is 5.65 Å². The number of pyridine rings is 1. The maximum absolute atomic E-state index is 4.76. The van der Waals surface area contributed by atoms with Gasteiger partial charge in [-0.3, -0.25) is 5.10 Å². The minimum absolute atomic E-state index is 0.844. The van der Waals surface area contributed by atoms with E-state index < -0.39 is 0 Å². The van der Waals surface area contributed by atoms with Gasteiger partial charge in [0, 0.05) is 16.8 Å². The van der Waals surface area contributed by atoms with Crippen molar-refractivity contribution >= 4 is 11.0 Å². The van der Waals surface area contributed by atoms with E-state index in [0.29, 0.717) is 0 Å². The molecule has 22 heavy (non-hydrogen) atoms. The highest BCUT2D eigenvalue weighted by Crippen LogP contribution is 2.26. The number of aromatic nitrogens is 3.